The number of fused-ring (bicyclic) bond motifs is 1. The van der Waals surface area contributed by atoms with E-state index in [0.29, 0.717) is 29.8 Å². The van der Waals surface area contributed by atoms with Gasteiger partial charge in [-0.15, -0.1) is 0 Å². The molecule has 0 saturated heterocycles. The van der Waals surface area contributed by atoms with Gasteiger partial charge in [0.1, 0.15) is 42.6 Å². The summed E-state index contributed by atoms with van der Waals surface area (Å²) < 4.78 is 36.8. The average molecular weight is 1020 g/mol. The van der Waals surface area contributed by atoms with Gasteiger partial charge in [-0.3, -0.25) is 19.2 Å². The van der Waals surface area contributed by atoms with Crippen LogP contribution in [0.4, 0.5) is 0 Å². The van der Waals surface area contributed by atoms with Crippen molar-refractivity contribution in [3.63, 3.8) is 0 Å². The number of aliphatic carboxylic acids is 3. The molecule has 7 rings (SSSR count). The first kappa shape index (κ1) is 55.9. The Bertz CT molecular complexity index is 3030. The molecular weight excluding hydrogens is 961 g/mol. The molecule has 0 unspecified atom stereocenters. The Kier molecular flexibility index (Phi) is 20.6. The van der Waals surface area contributed by atoms with Crippen molar-refractivity contribution < 1.29 is 57.2 Å². The first-order chi connectivity index (χ1) is 34.8. The third-order valence-electron chi connectivity index (χ3n) is 11.0. The van der Waals surface area contributed by atoms with Crippen molar-refractivity contribution >= 4 is 50.8 Å². The van der Waals surface area contributed by atoms with Crippen LogP contribution in [0.25, 0.3) is 10.9 Å². The second-order valence-corrected chi connectivity index (χ2v) is 18.5. The van der Waals surface area contributed by atoms with Gasteiger partial charge < -0.3 is 57.7 Å². The molecule has 21 heteroatoms. The SMILES string of the molecule is Cc1ccc(S(=O)(=O)N[C@@H](Cc2c[nH]cn2)C(=O)O)cc1.N[C@@H](Cc1c[nH]c2ccccc12)C(=O)O.N[C@H](Cc1ccccc1Cc1ccccc1)C(=O)Oc1ccc(C[C@H](N)C(=O)OC[C@H](N)C(=O)O)cc1. The van der Waals surface area contributed by atoms with Crippen LogP contribution in [0, 0.1) is 6.92 Å². The number of aryl methyl sites for hydroxylation is 1. The van der Waals surface area contributed by atoms with Crippen molar-refractivity contribution in [3.8, 4) is 5.75 Å². The molecule has 14 N–H and O–H groups in total. The number of rotatable bonds is 21. The lowest BCUT2D eigenvalue weighted by Gasteiger charge is -2.15. The molecule has 0 aliphatic carbocycles. The third kappa shape index (κ3) is 17.6. The van der Waals surface area contributed by atoms with E-state index in [2.05, 4.69) is 31.8 Å². The van der Waals surface area contributed by atoms with Crippen molar-refractivity contribution in [2.45, 2.75) is 74.1 Å². The number of benzene rings is 5. The molecule has 384 valence electrons. The lowest BCUT2D eigenvalue weighted by Crippen LogP contribution is -2.42. The van der Waals surface area contributed by atoms with Crippen LogP contribution in [-0.2, 0) is 70.8 Å². The van der Waals surface area contributed by atoms with Crippen molar-refractivity contribution in [3.05, 3.63) is 185 Å². The van der Waals surface area contributed by atoms with Gasteiger partial charge in [0.2, 0.25) is 10.0 Å². The Morgan fingerprint density at radius 2 is 1.22 bits per heavy atom. The van der Waals surface area contributed by atoms with Crippen LogP contribution < -0.4 is 32.4 Å². The molecule has 0 fully saturated rings. The minimum atomic E-state index is -3.89. The van der Waals surface area contributed by atoms with Gasteiger partial charge in [-0.05, 0) is 84.3 Å². The molecule has 2 aromatic heterocycles. The smallest absolute Gasteiger partial charge is 0.328 e. The lowest BCUT2D eigenvalue weighted by molar-refractivity contribution is -0.149. The summed E-state index contributed by atoms with van der Waals surface area (Å²) in [5.74, 6) is -4.51. The van der Waals surface area contributed by atoms with Crippen molar-refractivity contribution in [2.24, 2.45) is 22.9 Å². The summed E-state index contributed by atoms with van der Waals surface area (Å²) in [6.45, 7) is 1.37. The standard InChI is InChI=1S/C28H31N3O6.C13H15N3O4S.C11H12N2O2/c29-23(27(34)36-17-25(31)26(32)33)15-19-10-12-22(13-11-19)37-28(35)24(30)16-21-9-5-4-8-20(21)14-18-6-2-1-3-7-18;1-9-2-4-11(5-3-9)21(19,20)16-12(13(17)18)6-10-7-14-8-15-10;12-9(11(14)15)5-7-6-13-10-4-2-1-3-8(7)10/h1-13,23-25H,14-17,29-31H2,(H,32,33);2-5,7-8,12,16H,6H2,1H3,(H,14,15)(H,17,18);1-4,6,9,13H,5,12H2,(H,14,15)/t23-,24+,25-;12-;9-/m000/s1. The molecule has 0 bridgehead atoms. The first-order valence-electron chi connectivity index (χ1n) is 22.7. The fourth-order valence-electron chi connectivity index (χ4n) is 7.03. The number of hydrogen-bond donors (Lipinski definition) is 10. The van der Waals surface area contributed by atoms with Gasteiger partial charge in [0, 0.05) is 36.1 Å². The second kappa shape index (κ2) is 27.0. The van der Waals surface area contributed by atoms with Gasteiger partial charge in [-0.1, -0.05) is 103 Å². The van der Waals surface area contributed by atoms with Crippen LogP contribution in [0.15, 0.2) is 151 Å². The summed E-state index contributed by atoms with van der Waals surface area (Å²) in [6.07, 6.45) is 6.27. The molecule has 5 atom stereocenters. The number of hydrogen-bond acceptors (Lipinski definition) is 14. The molecule has 0 aliphatic heterocycles. The number of nitrogens with two attached hydrogens (primary N) is 4. The molecule has 2 heterocycles. The average Bonchev–Trinajstić information content (AvgIpc) is 4.05. The number of para-hydroxylation sites is 1. The number of imidazole rings is 1. The number of nitrogens with zero attached hydrogens (tertiary/aromatic N) is 1. The highest BCUT2D eigenvalue weighted by Gasteiger charge is 2.27. The monoisotopic (exact) mass is 1020 g/mol. The van der Waals surface area contributed by atoms with Crippen LogP contribution in [0.3, 0.4) is 0 Å². The van der Waals surface area contributed by atoms with Crippen LogP contribution in [0.1, 0.15) is 39.1 Å². The number of H-pyrrole nitrogens is 2. The Labute approximate surface area is 420 Å². The molecule has 0 amide bonds. The van der Waals surface area contributed by atoms with Crippen molar-refractivity contribution in [1.29, 1.82) is 0 Å². The zero-order chi connectivity index (χ0) is 53.1. The van der Waals surface area contributed by atoms with Crippen LogP contribution in [0.2, 0.25) is 0 Å². The summed E-state index contributed by atoms with van der Waals surface area (Å²) in [7, 11) is -3.89. The van der Waals surface area contributed by atoms with Gasteiger partial charge in [0.15, 0.2) is 0 Å². The fourth-order valence-corrected chi connectivity index (χ4v) is 8.22. The summed E-state index contributed by atoms with van der Waals surface area (Å²) in [5, 5.41) is 27.7. The largest absolute Gasteiger partial charge is 0.480 e. The number of nitrogens with one attached hydrogen (secondary N) is 3. The van der Waals surface area contributed by atoms with E-state index in [1.807, 2.05) is 79.9 Å². The normalized spacial score (nSPS) is 13.1. The van der Waals surface area contributed by atoms with Crippen LogP contribution in [0.5, 0.6) is 5.75 Å². The molecule has 73 heavy (non-hydrogen) atoms. The number of aromatic nitrogens is 3. The zero-order valence-corrected chi connectivity index (χ0v) is 40.5. The molecule has 7 aromatic rings. The Morgan fingerprint density at radius 3 is 1.85 bits per heavy atom. The zero-order valence-electron chi connectivity index (χ0n) is 39.7. The fraction of sp³-hybridized carbons (Fsp3) is 0.231. The van der Waals surface area contributed by atoms with Gasteiger partial charge in [-0.25, -0.2) is 18.2 Å². The number of aromatic amines is 2. The van der Waals surface area contributed by atoms with Crippen LogP contribution >= 0.6 is 0 Å². The first-order valence-corrected chi connectivity index (χ1v) is 24.2. The van der Waals surface area contributed by atoms with Gasteiger partial charge in [0.25, 0.3) is 0 Å². The van der Waals surface area contributed by atoms with E-state index >= 15 is 0 Å². The Balaban J connectivity index is 0.000000229. The highest BCUT2D eigenvalue weighted by molar-refractivity contribution is 7.89. The predicted molar refractivity (Wildman–Crippen MR) is 271 cm³/mol. The van der Waals surface area contributed by atoms with Gasteiger partial charge in [-0.2, -0.15) is 4.72 Å². The summed E-state index contributed by atoms with van der Waals surface area (Å²) >= 11 is 0. The summed E-state index contributed by atoms with van der Waals surface area (Å²) in [5.41, 5.74) is 30.1. The predicted octanol–water partition coefficient (Wildman–Crippen LogP) is 3.39. The maximum atomic E-state index is 12.6. The Hall–Kier alpha value is -8.05. The molecule has 0 saturated carbocycles. The van der Waals surface area contributed by atoms with E-state index in [1.54, 1.807) is 36.4 Å². The number of carboxylic acids is 3. The molecule has 0 aliphatic rings. The summed E-state index contributed by atoms with van der Waals surface area (Å²) in [4.78, 5) is 66.9. The highest BCUT2D eigenvalue weighted by atomic mass is 32.2. The van der Waals surface area contributed by atoms with Gasteiger partial charge >= 0.3 is 29.8 Å². The number of carbonyl (C=O) groups is 5. The van der Waals surface area contributed by atoms with Crippen molar-refractivity contribution in [1.82, 2.24) is 19.7 Å². The molecular formula is C52H58N8O12S. The van der Waals surface area contributed by atoms with E-state index in [1.165, 1.54) is 30.2 Å². The van der Waals surface area contributed by atoms with Crippen LogP contribution in [-0.4, -0.2) is 105 Å². The van der Waals surface area contributed by atoms with E-state index in [4.69, 9.17) is 47.7 Å². The Morgan fingerprint density at radius 1 is 0.616 bits per heavy atom. The molecule has 20 nitrogen and oxygen atoms in total. The second-order valence-electron chi connectivity index (χ2n) is 16.8. The van der Waals surface area contributed by atoms with E-state index in [-0.39, 0.29) is 17.7 Å². The van der Waals surface area contributed by atoms with E-state index < -0.39 is 76.7 Å². The maximum absolute atomic E-state index is 12.6. The number of carbonyl (C=O) groups excluding carboxylic acids is 2. The third-order valence-corrected chi connectivity index (χ3v) is 12.5. The number of ether oxygens (including phenoxy) is 2. The topological polar surface area (TPSA) is 359 Å². The number of carboxylic acid groups (broad SMARTS) is 3. The van der Waals surface area contributed by atoms with E-state index in [9.17, 15) is 32.4 Å². The maximum Gasteiger partial charge on any atom is 0.328 e. The minimum Gasteiger partial charge on any atom is -0.480 e. The summed E-state index contributed by atoms with van der Waals surface area (Å²) in [6, 6.07) is 33.1. The molecule has 0 spiro atoms. The quantitative estimate of drug-likeness (QED) is 0.0364. The van der Waals surface area contributed by atoms with Crippen molar-refractivity contribution in [2.75, 3.05) is 6.61 Å². The molecule has 5 aromatic carbocycles. The molecule has 0 radical (unpaired) electrons. The number of esters is 2. The number of sulfonamides is 1. The minimum absolute atomic E-state index is 0.0291. The highest BCUT2D eigenvalue weighted by Crippen LogP contribution is 2.20. The lowest BCUT2D eigenvalue weighted by atomic mass is 9.95. The van der Waals surface area contributed by atoms with E-state index in [0.717, 1.165) is 39.6 Å². The van der Waals surface area contributed by atoms with Gasteiger partial charge in [0.05, 0.1) is 16.9 Å².